The highest BCUT2D eigenvalue weighted by molar-refractivity contribution is 5.86. The van der Waals surface area contributed by atoms with E-state index in [1.54, 1.807) is 11.8 Å². The van der Waals surface area contributed by atoms with Crippen LogP contribution in [-0.2, 0) is 27.7 Å². The van der Waals surface area contributed by atoms with Crippen LogP contribution in [0.1, 0.15) is 19.7 Å². The van der Waals surface area contributed by atoms with Gasteiger partial charge in [0.2, 0.25) is 5.95 Å². The Labute approximate surface area is 220 Å². The molecule has 5 heterocycles. The van der Waals surface area contributed by atoms with Crippen molar-refractivity contribution in [3.05, 3.63) is 30.1 Å². The highest BCUT2D eigenvalue weighted by Crippen LogP contribution is 2.31. The van der Waals surface area contributed by atoms with Gasteiger partial charge in [-0.25, -0.2) is 4.98 Å². The molecular formula is C26H32N8O4. The quantitative estimate of drug-likeness (QED) is 0.359. The number of para-hydroxylation sites is 2. The molecule has 1 amide bonds. The van der Waals surface area contributed by atoms with Gasteiger partial charge in [0, 0.05) is 33.7 Å². The van der Waals surface area contributed by atoms with Crippen molar-refractivity contribution in [3.63, 3.8) is 0 Å². The average Bonchev–Trinajstić information content (AvgIpc) is 3.46. The molecular weight excluding hydrogens is 488 g/mol. The zero-order valence-corrected chi connectivity index (χ0v) is 22.1. The molecule has 200 valence electrons. The Morgan fingerprint density at radius 3 is 2.63 bits per heavy atom. The Morgan fingerprint density at radius 2 is 1.89 bits per heavy atom. The van der Waals surface area contributed by atoms with Crippen LogP contribution in [0.3, 0.4) is 0 Å². The minimum atomic E-state index is -0.469. The number of ether oxygens (including phenoxy) is 3. The van der Waals surface area contributed by atoms with E-state index in [0.717, 1.165) is 29.1 Å². The van der Waals surface area contributed by atoms with E-state index in [1.165, 1.54) is 7.11 Å². The molecule has 0 saturated carbocycles. The van der Waals surface area contributed by atoms with Gasteiger partial charge in [-0.2, -0.15) is 15.0 Å². The number of methoxy groups -OCH3 is 1. The fourth-order valence-electron chi connectivity index (χ4n) is 4.95. The molecule has 2 fully saturated rings. The summed E-state index contributed by atoms with van der Waals surface area (Å²) in [7, 11) is 3.43. The molecule has 12 heteroatoms. The summed E-state index contributed by atoms with van der Waals surface area (Å²) in [6, 6.07) is 8.47. The molecule has 0 aliphatic carbocycles. The largest absolute Gasteiger partial charge is 0.458 e. The van der Waals surface area contributed by atoms with Crippen LogP contribution in [0.25, 0.3) is 28.1 Å². The Morgan fingerprint density at radius 1 is 1.13 bits per heavy atom. The number of benzene rings is 1. The van der Waals surface area contributed by atoms with Crippen molar-refractivity contribution in [2.24, 2.45) is 7.05 Å². The topological polar surface area (TPSA) is 113 Å². The molecule has 0 spiro atoms. The van der Waals surface area contributed by atoms with Crippen molar-refractivity contribution in [1.82, 2.24) is 34.0 Å². The van der Waals surface area contributed by atoms with Crippen molar-refractivity contribution in [1.29, 1.82) is 0 Å². The molecule has 0 unspecified atom stereocenters. The maximum absolute atomic E-state index is 12.4. The average molecular weight is 521 g/mol. The fraction of sp³-hybridized carbons (Fsp3) is 0.500. The zero-order chi connectivity index (χ0) is 26.4. The lowest BCUT2D eigenvalue weighted by molar-refractivity contribution is -0.150. The van der Waals surface area contributed by atoms with Crippen molar-refractivity contribution in [3.8, 4) is 12.0 Å². The van der Waals surface area contributed by atoms with Gasteiger partial charge in [-0.15, -0.1) is 0 Å². The van der Waals surface area contributed by atoms with Crippen LogP contribution in [0.4, 0.5) is 5.82 Å². The van der Waals surface area contributed by atoms with Crippen molar-refractivity contribution >= 4 is 33.9 Å². The monoisotopic (exact) mass is 520 g/mol. The van der Waals surface area contributed by atoms with Crippen molar-refractivity contribution in [2.75, 3.05) is 51.4 Å². The number of carbonyl (C=O) groups excluding carboxylic acids is 1. The lowest BCUT2D eigenvalue weighted by Crippen LogP contribution is -2.58. The number of nitrogens with zero attached hydrogens (tertiary/aromatic N) is 8. The Balaban J connectivity index is 1.40. The van der Waals surface area contributed by atoms with Crippen LogP contribution in [-0.4, -0.2) is 98.6 Å². The second kappa shape index (κ2) is 9.84. The van der Waals surface area contributed by atoms with Gasteiger partial charge in [-0.3, -0.25) is 13.9 Å². The van der Waals surface area contributed by atoms with Crippen LogP contribution >= 0.6 is 0 Å². The van der Waals surface area contributed by atoms with Crippen LogP contribution in [0.5, 0.6) is 6.01 Å². The lowest BCUT2D eigenvalue weighted by atomic mass is 10.1. The van der Waals surface area contributed by atoms with Crippen LogP contribution < -0.4 is 9.64 Å². The molecule has 38 heavy (non-hydrogen) atoms. The number of imidazole rings is 2. The van der Waals surface area contributed by atoms with E-state index < -0.39 is 6.10 Å². The lowest BCUT2D eigenvalue weighted by Gasteiger charge is -2.39. The summed E-state index contributed by atoms with van der Waals surface area (Å²) < 4.78 is 20.9. The van der Waals surface area contributed by atoms with Gasteiger partial charge in [0.1, 0.15) is 18.0 Å². The van der Waals surface area contributed by atoms with Crippen LogP contribution in [0.15, 0.2) is 24.3 Å². The van der Waals surface area contributed by atoms with Gasteiger partial charge < -0.3 is 24.0 Å². The first-order chi connectivity index (χ1) is 18.5. The van der Waals surface area contributed by atoms with E-state index in [2.05, 4.69) is 11.8 Å². The number of carbonyl (C=O) groups is 1. The van der Waals surface area contributed by atoms with Gasteiger partial charge in [0.25, 0.3) is 11.9 Å². The molecule has 1 aromatic carbocycles. The van der Waals surface area contributed by atoms with Gasteiger partial charge in [0.15, 0.2) is 17.0 Å². The number of morpholine rings is 1. The van der Waals surface area contributed by atoms with Gasteiger partial charge in [-0.05, 0) is 19.1 Å². The first-order valence-corrected chi connectivity index (χ1v) is 13.0. The standard InChI is InChI=1S/C26H32N8O4/c1-5-20-27-18-8-6-7-9-19(18)34(20)25-29-22-21(23(30-25)32-10-12-37-13-11-32)28-26(31(22)3)38-17-14-33(15-17)24(35)16(2)36-4/h6-9,16-17H,5,10-15H2,1-4H3/t16-/m1/s1. The number of hydrogen-bond acceptors (Lipinski definition) is 9. The smallest absolute Gasteiger partial charge is 0.298 e. The van der Waals surface area contributed by atoms with Crippen LogP contribution in [0.2, 0.25) is 0 Å². The highest BCUT2D eigenvalue weighted by atomic mass is 16.5. The normalized spacial score (nSPS) is 17.3. The number of aromatic nitrogens is 6. The van der Waals surface area contributed by atoms with Crippen LogP contribution in [0, 0.1) is 0 Å². The molecule has 0 radical (unpaired) electrons. The summed E-state index contributed by atoms with van der Waals surface area (Å²) in [4.78, 5) is 36.0. The van der Waals surface area contributed by atoms with E-state index >= 15 is 0 Å². The highest BCUT2D eigenvalue weighted by Gasteiger charge is 2.36. The summed E-state index contributed by atoms with van der Waals surface area (Å²) in [6.07, 6.45) is 0.118. The van der Waals surface area contributed by atoms with Gasteiger partial charge in [-0.1, -0.05) is 19.1 Å². The van der Waals surface area contributed by atoms with E-state index in [0.29, 0.717) is 62.5 Å². The molecule has 2 aliphatic heterocycles. The maximum atomic E-state index is 12.4. The van der Waals surface area contributed by atoms with E-state index in [4.69, 9.17) is 34.1 Å². The Bertz CT molecular complexity index is 1490. The number of fused-ring (bicyclic) bond motifs is 2. The third-order valence-corrected chi connectivity index (χ3v) is 7.24. The number of hydrogen-bond donors (Lipinski definition) is 0. The summed E-state index contributed by atoms with van der Waals surface area (Å²) in [5.74, 6) is 2.15. The second-order valence-electron chi connectivity index (χ2n) is 9.64. The third kappa shape index (κ3) is 4.13. The first-order valence-electron chi connectivity index (χ1n) is 13.0. The molecule has 2 saturated heterocycles. The number of aryl methyl sites for hydroxylation is 2. The van der Waals surface area contributed by atoms with Crippen molar-refractivity contribution in [2.45, 2.75) is 32.5 Å². The minimum Gasteiger partial charge on any atom is -0.458 e. The molecule has 12 nitrogen and oxygen atoms in total. The van der Waals surface area contributed by atoms with Gasteiger partial charge in [0.05, 0.1) is 37.3 Å². The van der Waals surface area contributed by atoms with E-state index in [9.17, 15) is 4.79 Å². The summed E-state index contributed by atoms with van der Waals surface area (Å²) in [6.45, 7) is 7.47. The predicted molar refractivity (Wildman–Crippen MR) is 141 cm³/mol. The molecule has 4 aromatic rings. The molecule has 2 aliphatic rings. The van der Waals surface area contributed by atoms with Crippen molar-refractivity contribution < 1.29 is 19.0 Å². The van der Waals surface area contributed by atoms with E-state index in [1.807, 2.05) is 40.4 Å². The first kappa shape index (κ1) is 24.6. The summed E-state index contributed by atoms with van der Waals surface area (Å²) in [5, 5.41) is 0. The fourth-order valence-corrected chi connectivity index (χ4v) is 4.95. The molecule has 1 atom stereocenters. The second-order valence-corrected chi connectivity index (χ2v) is 9.64. The molecule has 0 N–H and O–H groups in total. The predicted octanol–water partition coefficient (Wildman–Crippen LogP) is 1.73. The number of anilines is 1. The Kier molecular flexibility index (Phi) is 6.36. The number of rotatable bonds is 7. The summed E-state index contributed by atoms with van der Waals surface area (Å²) >= 11 is 0. The maximum Gasteiger partial charge on any atom is 0.298 e. The molecule has 0 bridgehead atoms. The van der Waals surface area contributed by atoms with Gasteiger partial charge >= 0.3 is 0 Å². The zero-order valence-electron chi connectivity index (χ0n) is 22.1. The minimum absolute atomic E-state index is 0.0400. The molecule has 6 rings (SSSR count). The number of amides is 1. The third-order valence-electron chi connectivity index (χ3n) is 7.24. The summed E-state index contributed by atoms with van der Waals surface area (Å²) in [5.41, 5.74) is 3.21. The molecule has 3 aromatic heterocycles. The number of likely N-dealkylation sites (tertiary alicyclic amines) is 1. The SMILES string of the molecule is CCc1nc2ccccc2n1-c1nc(N2CCOCC2)c2nc(OC3CN(C(=O)[C@@H](C)OC)C3)n(C)c2n1. The van der Waals surface area contributed by atoms with E-state index in [-0.39, 0.29) is 12.0 Å². The Hall–Kier alpha value is -3.77.